The maximum Gasteiger partial charge on any atom is 0.250 e. The smallest absolute Gasteiger partial charge is 0.210 e. The summed E-state index contributed by atoms with van der Waals surface area (Å²) in [6.45, 7) is 6.24. The van der Waals surface area contributed by atoms with Crippen molar-refractivity contribution < 1.29 is 28.8 Å². The maximum atomic E-state index is 10.8. The van der Waals surface area contributed by atoms with E-state index in [2.05, 4.69) is 69.6 Å². The topological polar surface area (TPSA) is 201 Å². The third kappa shape index (κ3) is 7.13. The van der Waals surface area contributed by atoms with E-state index in [-0.39, 0.29) is 0 Å². The van der Waals surface area contributed by atoms with Gasteiger partial charge in [-0.1, -0.05) is 13.2 Å². The van der Waals surface area contributed by atoms with Crippen LogP contribution in [-0.2, 0) is 28.8 Å². The summed E-state index contributed by atoms with van der Waals surface area (Å²) in [4.78, 5) is 63.5. The highest BCUT2D eigenvalue weighted by molar-refractivity contribution is 8.41. The lowest BCUT2D eigenvalue weighted by Crippen LogP contribution is -1.90. The summed E-state index contributed by atoms with van der Waals surface area (Å²) in [5, 5.41) is 8.55. The molecule has 0 saturated heterocycles. The molecule has 0 aromatic carbocycles. The Labute approximate surface area is 166 Å². The van der Waals surface area contributed by atoms with Gasteiger partial charge in [0.15, 0.2) is 10.6 Å². The van der Waals surface area contributed by atoms with Crippen molar-refractivity contribution in [1.82, 2.24) is 0 Å². The van der Waals surface area contributed by atoms with Gasteiger partial charge >= 0.3 is 0 Å². The first kappa shape index (κ1) is 24.8. The van der Waals surface area contributed by atoms with E-state index in [0.29, 0.717) is 0 Å². The summed E-state index contributed by atoms with van der Waals surface area (Å²) in [6, 6.07) is 0. The Balaban J connectivity index is 7.04. The van der Waals surface area contributed by atoms with Crippen molar-refractivity contribution in [2.75, 3.05) is 0 Å². The average molecular weight is 452 g/mol. The zero-order valence-electron chi connectivity index (χ0n) is 13.7. The fourth-order valence-electron chi connectivity index (χ4n) is 0.992. The van der Waals surface area contributed by atoms with Gasteiger partial charge in [0.2, 0.25) is 36.5 Å². The Morgan fingerprint density at radius 1 is 0.448 bits per heavy atom. The molecule has 29 heavy (non-hydrogen) atoms. The van der Waals surface area contributed by atoms with E-state index in [9.17, 15) is 28.8 Å². The first-order chi connectivity index (χ1) is 13.9. The van der Waals surface area contributed by atoms with E-state index < -0.39 is 31.6 Å². The Hall–Kier alpha value is -4.21. The monoisotopic (exact) mass is 452 g/mol. The third-order valence-corrected chi connectivity index (χ3v) is 6.50. The number of hydrogen-bond acceptors (Lipinski definition) is 14. The second kappa shape index (κ2) is 12.2. The number of nitrogens with zero attached hydrogens (tertiary/aromatic N) is 8. The molecule has 0 aliphatic rings. The number of rotatable bonds is 8. The molecule has 0 radical (unpaired) electrons. The van der Waals surface area contributed by atoms with Gasteiger partial charge in [0.25, 0.3) is 0 Å². The second-order valence-electron chi connectivity index (χ2n) is 3.35. The molecule has 0 fully saturated rings. The van der Waals surface area contributed by atoms with E-state index in [1.807, 2.05) is 0 Å². The van der Waals surface area contributed by atoms with Gasteiger partial charge in [-0.3, -0.25) is 0 Å². The predicted octanol–water partition coefficient (Wildman–Crippen LogP) is 0.973. The molecular formula is C12H4N8O6S3. The van der Waals surface area contributed by atoms with Crippen LogP contribution < -0.4 is 0 Å². The minimum Gasteiger partial charge on any atom is -0.210 e. The average Bonchev–Trinajstić information content (AvgIpc) is 2.71. The van der Waals surface area contributed by atoms with Crippen molar-refractivity contribution >= 4 is 81.5 Å². The SMILES string of the molecule is C=NS(C#CS(N=C)(N=C=O)N=C=O)(C#CS(N=C=O)(N=C=O)N=C=O)N=C=O. The van der Waals surface area contributed by atoms with Gasteiger partial charge < -0.3 is 0 Å². The van der Waals surface area contributed by atoms with Crippen LogP contribution in [0.4, 0.5) is 0 Å². The summed E-state index contributed by atoms with van der Waals surface area (Å²) in [7, 11) is -10.5. The van der Waals surface area contributed by atoms with E-state index >= 15 is 0 Å². The van der Waals surface area contributed by atoms with Crippen LogP contribution in [0.15, 0.2) is 35.2 Å². The summed E-state index contributed by atoms with van der Waals surface area (Å²) < 4.78 is 25.6. The second-order valence-corrected chi connectivity index (χ2v) is 8.95. The molecule has 0 aromatic rings. The Morgan fingerprint density at radius 2 is 0.793 bits per heavy atom. The molecule has 0 bridgehead atoms. The zero-order valence-corrected chi connectivity index (χ0v) is 16.1. The quantitative estimate of drug-likeness (QED) is 0.298. The highest BCUT2D eigenvalue weighted by Gasteiger charge is 2.24. The molecule has 1 unspecified atom stereocenters. The molecule has 0 amide bonds. The molecule has 146 valence electrons. The van der Waals surface area contributed by atoms with Crippen molar-refractivity contribution in [3.05, 3.63) is 0 Å². The van der Waals surface area contributed by atoms with Gasteiger partial charge in [-0.05, 0) is 0 Å². The summed E-state index contributed by atoms with van der Waals surface area (Å²) in [6.07, 6.45) is 6.33. The maximum absolute atomic E-state index is 10.8. The van der Waals surface area contributed by atoms with Crippen molar-refractivity contribution in [3.8, 4) is 21.0 Å². The first-order valence-corrected chi connectivity index (χ1v) is 10.5. The Bertz CT molecular complexity index is 1060. The minimum atomic E-state index is -3.67. The molecule has 0 rings (SSSR count). The van der Waals surface area contributed by atoms with Crippen LogP contribution in [0.2, 0.25) is 0 Å². The largest absolute Gasteiger partial charge is 0.250 e. The molecule has 17 heteroatoms. The van der Waals surface area contributed by atoms with Crippen molar-refractivity contribution in [3.63, 3.8) is 0 Å². The van der Waals surface area contributed by atoms with Gasteiger partial charge in [0.1, 0.15) is 10.6 Å². The molecule has 14 nitrogen and oxygen atoms in total. The van der Waals surface area contributed by atoms with Crippen LogP contribution in [-0.4, -0.2) is 49.9 Å². The van der Waals surface area contributed by atoms with Crippen LogP contribution in [0.1, 0.15) is 0 Å². The molecule has 0 aromatic heterocycles. The van der Waals surface area contributed by atoms with Gasteiger partial charge in [-0.2, -0.15) is 0 Å². The van der Waals surface area contributed by atoms with E-state index in [1.165, 1.54) is 0 Å². The number of hydrogen-bond donors (Lipinski definition) is 0. The fourth-order valence-corrected chi connectivity index (χ4v) is 4.34. The lowest BCUT2D eigenvalue weighted by Gasteiger charge is -2.17. The third-order valence-electron chi connectivity index (χ3n) is 2.00. The lowest BCUT2D eigenvalue weighted by atomic mass is 11.4. The molecule has 0 heterocycles. The van der Waals surface area contributed by atoms with Gasteiger partial charge in [0.05, 0.1) is 10.4 Å². The fraction of sp³-hybridized carbons (Fsp3) is 0. The van der Waals surface area contributed by atoms with E-state index in [1.54, 1.807) is 0 Å². The van der Waals surface area contributed by atoms with E-state index in [4.69, 9.17) is 0 Å². The Morgan fingerprint density at radius 3 is 1.10 bits per heavy atom. The van der Waals surface area contributed by atoms with Crippen molar-refractivity contribution in [2.45, 2.75) is 0 Å². The van der Waals surface area contributed by atoms with Crippen LogP contribution in [0.5, 0.6) is 0 Å². The number of carbonyl (C=O) groups excluding carboxylic acids is 6. The lowest BCUT2D eigenvalue weighted by molar-refractivity contribution is 0.564. The highest BCUT2D eigenvalue weighted by atomic mass is 32.3. The highest BCUT2D eigenvalue weighted by Crippen LogP contribution is 2.56. The van der Waals surface area contributed by atoms with Crippen LogP contribution in [0, 0.1) is 21.0 Å². The summed E-state index contributed by atoms with van der Waals surface area (Å²) in [5.41, 5.74) is 0. The molecule has 0 N–H and O–H groups in total. The van der Waals surface area contributed by atoms with Crippen LogP contribution in [0.3, 0.4) is 0 Å². The van der Waals surface area contributed by atoms with Crippen molar-refractivity contribution in [2.24, 2.45) is 35.2 Å². The van der Waals surface area contributed by atoms with E-state index in [0.717, 1.165) is 36.5 Å². The van der Waals surface area contributed by atoms with Gasteiger partial charge in [-0.25, -0.2) is 37.6 Å². The molecule has 0 spiro atoms. The van der Waals surface area contributed by atoms with Crippen molar-refractivity contribution in [1.29, 1.82) is 0 Å². The molecule has 1 atom stereocenters. The molecular weight excluding hydrogens is 448 g/mol. The molecule has 0 aliphatic carbocycles. The zero-order chi connectivity index (χ0) is 22.2. The van der Waals surface area contributed by atoms with Crippen LogP contribution >= 0.6 is 31.6 Å². The molecule has 0 aliphatic heterocycles. The van der Waals surface area contributed by atoms with Gasteiger partial charge in [-0.15, -0.1) is 13.2 Å². The van der Waals surface area contributed by atoms with Crippen LogP contribution in [0.25, 0.3) is 0 Å². The first-order valence-electron chi connectivity index (χ1n) is 5.98. The normalized spacial score (nSPS) is 17.4. The standard InChI is InChI=1S/C12H4N8O6S3/c1-13-27(15-7-21,3-5-28(14-2,16-8-22)17-9-23)4-6-29(18-10-24,19-11-25)20-12-26/h1-2H2. The minimum absolute atomic E-state index is 1.01. The summed E-state index contributed by atoms with van der Waals surface area (Å²) >= 11 is 0. The van der Waals surface area contributed by atoms with Gasteiger partial charge in [0, 0.05) is 34.4 Å². The predicted molar refractivity (Wildman–Crippen MR) is 106 cm³/mol. The Kier molecular flexibility index (Phi) is 10.5. The molecule has 0 saturated carbocycles. The summed E-state index contributed by atoms with van der Waals surface area (Å²) in [5.74, 6) is 0. The number of isocyanates is 6.